The molecule has 5 heteroatoms. The van der Waals surface area contributed by atoms with Gasteiger partial charge in [-0.25, -0.2) is 4.79 Å². The summed E-state index contributed by atoms with van der Waals surface area (Å²) in [6, 6.07) is 1.86. The van der Waals surface area contributed by atoms with E-state index in [1.165, 1.54) is 12.3 Å². The van der Waals surface area contributed by atoms with Gasteiger partial charge in [-0.05, 0) is 37.2 Å². The lowest BCUT2D eigenvalue weighted by molar-refractivity contribution is 0.0696. The Morgan fingerprint density at radius 3 is 2.63 bits per heavy atom. The summed E-state index contributed by atoms with van der Waals surface area (Å²) >= 11 is 0. The first-order valence-electron chi connectivity index (χ1n) is 6.68. The van der Waals surface area contributed by atoms with Crippen LogP contribution in [-0.2, 0) is 0 Å². The lowest BCUT2D eigenvalue weighted by Gasteiger charge is -2.39. The minimum atomic E-state index is -0.951. The summed E-state index contributed by atoms with van der Waals surface area (Å²) in [6.45, 7) is 4.57. The molecular weight excluding hydrogens is 242 g/mol. The van der Waals surface area contributed by atoms with Crippen molar-refractivity contribution >= 4 is 11.8 Å². The second-order valence-corrected chi connectivity index (χ2v) is 6.08. The van der Waals surface area contributed by atoms with Crippen molar-refractivity contribution in [2.45, 2.75) is 45.6 Å². The van der Waals surface area contributed by atoms with Gasteiger partial charge in [-0.2, -0.15) is 5.10 Å². The number of carbonyl (C=O) groups is 1. The van der Waals surface area contributed by atoms with Crippen LogP contribution in [0.2, 0.25) is 0 Å². The van der Waals surface area contributed by atoms with E-state index in [-0.39, 0.29) is 5.56 Å². The Bertz CT molecular complexity index is 464. The molecule has 0 spiro atoms. The maximum atomic E-state index is 11.2. The van der Waals surface area contributed by atoms with Crippen LogP contribution in [0.3, 0.4) is 0 Å². The summed E-state index contributed by atoms with van der Waals surface area (Å²) in [5.41, 5.74) is 0.623. The van der Waals surface area contributed by atoms with E-state index in [0.29, 0.717) is 17.3 Å². The number of aromatic nitrogens is 2. The van der Waals surface area contributed by atoms with Crippen LogP contribution in [0.25, 0.3) is 0 Å². The topological polar surface area (TPSA) is 66.3 Å². The first kappa shape index (κ1) is 13.8. The number of anilines is 1. The van der Waals surface area contributed by atoms with Gasteiger partial charge in [0.25, 0.3) is 0 Å². The molecule has 5 nitrogen and oxygen atoms in total. The normalized spacial score (nSPS) is 19.1. The van der Waals surface area contributed by atoms with Crippen LogP contribution >= 0.6 is 0 Å². The quantitative estimate of drug-likeness (QED) is 0.908. The largest absolute Gasteiger partial charge is 0.478 e. The molecule has 0 aromatic carbocycles. The predicted octanol–water partition coefficient (Wildman–Crippen LogP) is 2.58. The molecule has 1 aromatic heterocycles. The van der Waals surface area contributed by atoms with Gasteiger partial charge >= 0.3 is 5.97 Å². The second kappa shape index (κ2) is 5.15. The fourth-order valence-corrected chi connectivity index (χ4v) is 2.70. The van der Waals surface area contributed by atoms with E-state index in [9.17, 15) is 9.90 Å². The van der Waals surface area contributed by atoms with Gasteiger partial charge in [0.15, 0.2) is 5.82 Å². The number of rotatable bonds is 3. The number of hydrogen-bond donors (Lipinski definition) is 1. The molecule has 0 amide bonds. The van der Waals surface area contributed by atoms with E-state index in [1.54, 1.807) is 0 Å². The summed E-state index contributed by atoms with van der Waals surface area (Å²) < 4.78 is 0. The van der Waals surface area contributed by atoms with Crippen LogP contribution in [0.15, 0.2) is 12.3 Å². The molecule has 0 radical (unpaired) electrons. The molecule has 0 unspecified atom stereocenters. The Balaban J connectivity index is 2.17. The maximum absolute atomic E-state index is 11.2. The van der Waals surface area contributed by atoms with Crippen molar-refractivity contribution in [2.75, 3.05) is 11.9 Å². The van der Waals surface area contributed by atoms with Gasteiger partial charge in [-0.1, -0.05) is 13.8 Å². The molecule has 0 saturated heterocycles. The highest BCUT2D eigenvalue weighted by molar-refractivity contribution is 5.93. The Morgan fingerprint density at radius 2 is 2.05 bits per heavy atom. The zero-order valence-electron chi connectivity index (χ0n) is 11.8. The molecule has 0 aliphatic heterocycles. The molecule has 19 heavy (non-hydrogen) atoms. The first-order valence-corrected chi connectivity index (χ1v) is 6.68. The summed E-state index contributed by atoms with van der Waals surface area (Å²) in [7, 11) is 1.92. The number of nitrogens with zero attached hydrogens (tertiary/aromatic N) is 3. The van der Waals surface area contributed by atoms with Crippen LogP contribution in [0, 0.1) is 5.41 Å². The maximum Gasteiger partial charge on any atom is 0.339 e. The fourth-order valence-electron chi connectivity index (χ4n) is 2.70. The number of carboxylic acid groups (broad SMARTS) is 1. The van der Waals surface area contributed by atoms with Gasteiger partial charge in [-0.15, -0.1) is 5.10 Å². The van der Waals surface area contributed by atoms with Gasteiger partial charge < -0.3 is 10.0 Å². The molecule has 1 heterocycles. The van der Waals surface area contributed by atoms with Crippen molar-refractivity contribution in [1.29, 1.82) is 0 Å². The third-order valence-electron chi connectivity index (χ3n) is 4.12. The third kappa shape index (κ3) is 3.03. The molecule has 0 bridgehead atoms. The molecule has 1 saturated carbocycles. The molecular formula is C14H21N3O2. The molecule has 1 aromatic rings. The lowest BCUT2D eigenvalue weighted by atomic mass is 9.75. The summed E-state index contributed by atoms with van der Waals surface area (Å²) in [6.07, 6.45) is 5.87. The monoisotopic (exact) mass is 263 g/mol. The lowest BCUT2D eigenvalue weighted by Crippen LogP contribution is -2.38. The molecule has 1 N–H and O–H groups in total. The van der Waals surface area contributed by atoms with Crippen molar-refractivity contribution in [3.63, 3.8) is 0 Å². The van der Waals surface area contributed by atoms with E-state index in [1.807, 2.05) is 11.9 Å². The molecule has 1 aliphatic carbocycles. The van der Waals surface area contributed by atoms with Gasteiger partial charge in [0, 0.05) is 13.1 Å². The van der Waals surface area contributed by atoms with Gasteiger partial charge in [0.2, 0.25) is 0 Å². The van der Waals surface area contributed by atoms with Crippen LogP contribution < -0.4 is 4.90 Å². The highest BCUT2D eigenvalue weighted by atomic mass is 16.4. The average Bonchev–Trinajstić information content (AvgIpc) is 2.38. The second-order valence-electron chi connectivity index (χ2n) is 6.08. The molecule has 104 valence electrons. The van der Waals surface area contributed by atoms with Crippen molar-refractivity contribution < 1.29 is 9.90 Å². The number of carboxylic acids is 1. The Hall–Kier alpha value is -1.65. The number of aromatic carboxylic acids is 1. The summed E-state index contributed by atoms with van der Waals surface area (Å²) in [4.78, 5) is 13.2. The van der Waals surface area contributed by atoms with Crippen molar-refractivity contribution in [2.24, 2.45) is 5.41 Å². The average molecular weight is 263 g/mol. The van der Waals surface area contributed by atoms with Gasteiger partial charge in [0.05, 0.1) is 6.20 Å². The molecule has 1 fully saturated rings. The van der Waals surface area contributed by atoms with Crippen LogP contribution in [0.4, 0.5) is 5.82 Å². The van der Waals surface area contributed by atoms with E-state index in [2.05, 4.69) is 24.0 Å². The Labute approximate surface area is 113 Å². The van der Waals surface area contributed by atoms with Gasteiger partial charge in [-0.3, -0.25) is 0 Å². The molecule has 1 aliphatic rings. The predicted molar refractivity (Wildman–Crippen MR) is 73.4 cm³/mol. The molecule has 0 atom stereocenters. The van der Waals surface area contributed by atoms with Crippen LogP contribution in [0.1, 0.15) is 49.9 Å². The van der Waals surface area contributed by atoms with Crippen molar-refractivity contribution in [3.05, 3.63) is 17.8 Å². The zero-order valence-corrected chi connectivity index (χ0v) is 11.8. The van der Waals surface area contributed by atoms with E-state index >= 15 is 0 Å². The summed E-state index contributed by atoms with van der Waals surface area (Å²) in [5.74, 6) is -0.479. The standard InChI is InChI=1S/C14H21N3O2/c1-14(2)7-4-10(5-8-14)17(3)12-11(13(18)19)6-9-15-16-12/h6,9-10H,4-5,7-8H2,1-3H3,(H,18,19). The highest BCUT2D eigenvalue weighted by Gasteiger charge is 2.30. The van der Waals surface area contributed by atoms with Crippen LogP contribution in [0.5, 0.6) is 0 Å². The smallest absolute Gasteiger partial charge is 0.339 e. The number of hydrogen-bond acceptors (Lipinski definition) is 4. The minimum Gasteiger partial charge on any atom is -0.478 e. The van der Waals surface area contributed by atoms with Gasteiger partial charge in [0.1, 0.15) is 5.56 Å². The van der Waals surface area contributed by atoms with Crippen molar-refractivity contribution in [3.8, 4) is 0 Å². The van der Waals surface area contributed by atoms with E-state index < -0.39 is 5.97 Å². The Morgan fingerprint density at radius 1 is 1.42 bits per heavy atom. The van der Waals surface area contributed by atoms with Crippen molar-refractivity contribution in [1.82, 2.24) is 10.2 Å². The highest BCUT2D eigenvalue weighted by Crippen LogP contribution is 2.37. The van der Waals surface area contributed by atoms with E-state index in [0.717, 1.165) is 25.7 Å². The van der Waals surface area contributed by atoms with Crippen LogP contribution in [-0.4, -0.2) is 34.4 Å². The third-order valence-corrected chi connectivity index (χ3v) is 4.12. The zero-order chi connectivity index (χ0) is 14.0. The first-order chi connectivity index (χ1) is 8.91. The summed E-state index contributed by atoms with van der Waals surface area (Å²) in [5, 5.41) is 17.0. The minimum absolute atomic E-state index is 0.224. The molecule has 2 rings (SSSR count). The Kier molecular flexibility index (Phi) is 3.73. The SMILES string of the molecule is CN(c1nnccc1C(=O)O)C1CCC(C)(C)CC1. The fraction of sp³-hybridized carbons (Fsp3) is 0.643. The van der Waals surface area contributed by atoms with E-state index in [4.69, 9.17) is 0 Å².